The zero-order valence-corrected chi connectivity index (χ0v) is 18.3. The van der Waals surface area contributed by atoms with Crippen LogP contribution in [0.2, 0.25) is 0 Å². The summed E-state index contributed by atoms with van der Waals surface area (Å²) in [4.78, 5) is 7.81. The van der Waals surface area contributed by atoms with Gasteiger partial charge in [0.2, 0.25) is 0 Å². The van der Waals surface area contributed by atoms with Crippen LogP contribution in [0, 0.1) is 0 Å². The Morgan fingerprint density at radius 2 is 1.64 bits per heavy atom. The zero-order chi connectivity index (χ0) is 19.3. The van der Waals surface area contributed by atoms with E-state index in [1.807, 2.05) is 6.07 Å². The smallest absolute Gasteiger partial charge is 0.123 e. The number of likely N-dealkylation sites (tertiary alicyclic amines) is 1. The Morgan fingerprint density at radius 1 is 0.929 bits per heavy atom. The van der Waals surface area contributed by atoms with Crippen LogP contribution in [0.3, 0.4) is 0 Å². The second-order valence-corrected chi connectivity index (χ2v) is 8.74. The Bertz CT molecular complexity index is 754. The first kappa shape index (κ1) is 19.7. The Labute approximate surface area is 177 Å². The number of benzene rings is 2. The maximum absolute atomic E-state index is 5.54. The highest BCUT2D eigenvalue weighted by Crippen LogP contribution is 2.27. The van der Waals surface area contributed by atoms with E-state index in [2.05, 4.69) is 73.1 Å². The molecule has 2 aliphatic heterocycles. The maximum Gasteiger partial charge on any atom is 0.123 e. The van der Waals surface area contributed by atoms with E-state index in [1.165, 1.54) is 50.3 Å². The molecule has 5 heteroatoms. The van der Waals surface area contributed by atoms with Crippen molar-refractivity contribution in [3.05, 3.63) is 58.6 Å². The van der Waals surface area contributed by atoms with E-state index in [0.29, 0.717) is 0 Å². The SMILES string of the molecule is COc1ccc(Br)cc1CN1CCC(N2CCN(c3ccccc3)CC2)CC1. The molecule has 0 atom stereocenters. The molecule has 2 saturated heterocycles. The number of nitrogens with zero attached hydrogens (tertiary/aromatic N) is 3. The summed E-state index contributed by atoms with van der Waals surface area (Å²) >= 11 is 3.59. The lowest BCUT2D eigenvalue weighted by Gasteiger charge is -2.43. The molecule has 0 N–H and O–H groups in total. The van der Waals surface area contributed by atoms with Crippen molar-refractivity contribution in [2.75, 3.05) is 51.3 Å². The fourth-order valence-corrected chi connectivity index (χ4v) is 4.95. The molecule has 0 saturated carbocycles. The zero-order valence-electron chi connectivity index (χ0n) is 16.7. The summed E-state index contributed by atoms with van der Waals surface area (Å²) in [7, 11) is 1.76. The monoisotopic (exact) mass is 443 g/mol. The lowest BCUT2D eigenvalue weighted by Crippen LogP contribution is -2.53. The third-order valence-electron chi connectivity index (χ3n) is 6.15. The number of hydrogen-bond donors (Lipinski definition) is 0. The van der Waals surface area contributed by atoms with Gasteiger partial charge in [0.25, 0.3) is 0 Å². The summed E-state index contributed by atoms with van der Waals surface area (Å²) in [5.41, 5.74) is 2.63. The summed E-state index contributed by atoms with van der Waals surface area (Å²) < 4.78 is 6.66. The predicted molar refractivity (Wildman–Crippen MR) is 119 cm³/mol. The lowest BCUT2D eigenvalue weighted by molar-refractivity contribution is 0.0994. The largest absolute Gasteiger partial charge is 0.496 e. The van der Waals surface area contributed by atoms with Gasteiger partial charge in [-0.25, -0.2) is 0 Å². The molecule has 0 aliphatic carbocycles. The minimum absolute atomic E-state index is 0.735. The first-order valence-corrected chi connectivity index (χ1v) is 11.1. The number of piperidine rings is 1. The van der Waals surface area contributed by atoms with Gasteiger partial charge in [0.15, 0.2) is 0 Å². The van der Waals surface area contributed by atoms with Crippen molar-refractivity contribution in [2.24, 2.45) is 0 Å². The summed E-state index contributed by atoms with van der Waals surface area (Å²) in [6.07, 6.45) is 2.53. The molecule has 0 unspecified atom stereocenters. The average Bonchev–Trinajstić information content (AvgIpc) is 2.75. The molecule has 28 heavy (non-hydrogen) atoms. The number of methoxy groups -OCH3 is 1. The first-order valence-electron chi connectivity index (χ1n) is 10.3. The second-order valence-electron chi connectivity index (χ2n) is 7.82. The lowest BCUT2D eigenvalue weighted by atomic mass is 10.0. The standard InChI is InChI=1S/C23H30BrN3O/c1-28-23-8-7-20(24)17-19(23)18-25-11-9-22(10-12-25)27-15-13-26(14-16-27)21-5-3-2-4-6-21/h2-8,17,22H,9-16,18H2,1H3. The number of ether oxygens (including phenoxy) is 1. The summed E-state index contributed by atoms with van der Waals surface area (Å²) in [5.74, 6) is 0.988. The topological polar surface area (TPSA) is 19.0 Å². The van der Waals surface area contributed by atoms with Gasteiger partial charge in [0.1, 0.15) is 5.75 Å². The summed E-state index contributed by atoms with van der Waals surface area (Å²) in [6.45, 7) is 7.94. The molecule has 4 rings (SSSR count). The molecular weight excluding hydrogens is 414 g/mol. The van der Waals surface area contributed by atoms with Crippen LogP contribution in [0.25, 0.3) is 0 Å². The third-order valence-corrected chi connectivity index (χ3v) is 6.64. The summed E-state index contributed by atoms with van der Waals surface area (Å²) in [5, 5.41) is 0. The van der Waals surface area contributed by atoms with Gasteiger partial charge in [-0.3, -0.25) is 9.80 Å². The number of para-hydroxylation sites is 1. The molecular formula is C23H30BrN3O. The van der Waals surface area contributed by atoms with Gasteiger partial charge in [-0.15, -0.1) is 0 Å². The predicted octanol–water partition coefficient (Wildman–Crippen LogP) is 4.24. The fourth-order valence-electron chi connectivity index (χ4n) is 4.54. The highest BCUT2D eigenvalue weighted by Gasteiger charge is 2.27. The van der Waals surface area contributed by atoms with Crippen molar-refractivity contribution < 1.29 is 4.74 Å². The van der Waals surface area contributed by atoms with E-state index in [-0.39, 0.29) is 0 Å². The van der Waals surface area contributed by atoms with Crippen molar-refractivity contribution >= 4 is 21.6 Å². The molecule has 2 aromatic rings. The number of anilines is 1. The number of piperazine rings is 1. The molecule has 2 fully saturated rings. The van der Waals surface area contributed by atoms with Crippen LogP contribution in [0.4, 0.5) is 5.69 Å². The third kappa shape index (κ3) is 4.70. The normalized spacial score (nSPS) is 19.7. The average molecular weight is 444 g/mol. The highest BCUT2D eigenvalue weighted by molar-refractivity contribution is 9.10. The van der Waals surface area contributed by atoms with Crippen LogP contribution in [-0.4, -0.2) is 62.2 Å². The van der Waals surface area contributed by atoms with Crippen LogP contribution in [-0.2, 0) is 6.54 Å². The number of halogens is 1. The number of rotatable bonds is 5. The quantitative estimate of drug-likeness (QED) is 0.687. The Morgan fingerprint density at radius 3 is 2.32 bits per heavy atom. The molecule has 0 aromatic heterocycles. The molecule has 4 nitrogen and oxygen atoms in total. The van der Waals surface area contributed by atoms with Crippen molar-refractivity contribution in [1.29, 1.82) is 0 Å². The molecule has 2 heterocycles. The van der Waals surface area contributed by atoms with Gasteiger partial charge < -0.3 is 9.64 Å². The van der Waals surface area contributed by atoms with Gasteiger partial charge in [-0.05, 0) is 56.3 Å². The summed E-state index contributed by atoms with van der Waals surface area (Å²) in [6, 6.07) is 17.8. The van der Waals surface area contributed by atoms with E-state index in [1.54, 1.807) is 7.11 Å². The Hall–Kier alpha value is -1.56. The van der Waals surface area contributed by atoms with Crippen LogP contribution in [0.5, 0.6) is 5.75 Å². The van der Waals surface area contributed by atoms with Crippen LogP contribution < -0.4 is 9.64 Å². The van der Waals surface area contributed by atoms with Crippen molar-refractivity contribution in [1.82, 2.24) is 9.80 Å². The second kappa shape index (κ2) is 9.29. The molecule has 2 aromatic carbocycles. The van der Waals surface area contributed by atoms with E-state index >= 15 is 0 Å². The fraction of sp³-hybridized carbons (Fsp3) is 0.478. The minimum Gasteiger partial charge on any atom is -0.496 e. The first-order chi connectivity index (χ1) is 13.7. The molecule has 2 aliphatic rings. The van der Waals surface area contributed by atoms with E-state index in [4.69, 9.17) is 4.74 Å². The van der Waals surface area contributed by atoms with E-state index < -0.39 is 0 Å². The van der Waals surface area contributed by atoms with Gasteiger partial charge in [-0.2, -0.15) is 0 Å². The van der Waals surface area contributed by atoms with Crippen LogP contribution in [0.1, 0.15) is 18.4 Å². The Kier molecular flexibility index (Phi) is 6.55. The minimum atomic E-state index is 0.735. The van der Waals surface area contributed by atoms with Crippen LogP contribution >= 0.6 is 15.9 Å². The van der Waals surface area contributed by atoms with E-state index in [9.17, 15) is 0 Å². The van der Waals surface area contributed by atoms with Gasteiger partial charge >= 0.3 is 0 Å². The van der Waals surface area contributed by atoms with Crippen molar-refractivity contribution in [2.45, 2.75) is 25.4 Å². The highest BCUT2D eigenvalue weighted by atomic mass is 79.9. The van der Waals surface area contributed by atoms with Gasteiger partial charge in [-0.1, -0.05) is 34.1 Å². The van der Waals surface area contributed by atoms with Crippen molar-refractivity contribution in [3.8, 4) is 5.75 Å². The molecule has 0 spiro atoms. The molecule has 150 valence electrons. The van der Waals surface area contributed by atoms with Gasteiger partial charge in [0.05, 0.1) is 7.11 Å². The molecule has 0 amide bonds. The molecule has 0 radical (unpaired) electrons. The maximum atomic E-state index is 5.54. The Balaban J connectivity index is 1.26. The van der Waals surface area contributed by atoms with Gasteiger partial charge in [0, 0.05) is 54.5 Å². The van der Waals surface area contributed by atoms with Crippen molar-refractivity contribution in [3.63, 3.8) is 0 Å². The van der Waals surface area contributed by atoms with E-state index in [0.717, 1.165) is 35.9 Å². The number of hydrogen-bond acceptors (Lipinski definition) is 4. The van der Waals surface area contributed by atoms with Crippen LogP contribution in [0.15, 0.2) is 53.0 Å². The molecule has 0 bridgehead atoms.